The average Bonchev–Trinajstić information content (AvgIpc) is 2.79. The predicted octanol–water partition coefficient (Wildman–Crippen LogP) is 3.19. The molecule has 118 valence electrons. The van der Waals surface area contributed by atoms with Crippen molar-refractivity contribution in [3.63, 3.8) is 0 Å². The fourth-order valence-corrected chi connectivity index (χ4v) is 2.74. The topological polar surface area (TPSA) is 49.4 Å². The normalized spacial score (nSPS) is 17.7. The van der Waals surface area contributed by atoms with Gasteiger partial charge in [-0.15, -0.1) is 0 Å². The number of halogens is 1. The number of carbonyl (C=O) groups excluding carboxylic acids is 2. The van der Waals surface area contributed by atoms with Gasteiger partial charge >= 0.3 is 0 Å². The Morgan fingerprint density at radius 3 is 2.57 bits per heavy atom. The van der Waals surface area contributed by atoms with E-state index in [4.69, 9.17) is 0 Å². The highest BCUT2D eigenvalue weighted by atomic mass is 19.1. The largest absolute Gasteiger partial charge is 0.371 e. The highest BCUT2D eigenvalue weighted by Crippen LogP contribution is 2.29. The van der Waals surface area contributed by atoms with Crippen LogP contribution in [0.15, 0.2) is 42.5 Å². The van der Waals surface area contributed by atoms with E-state index >= 15 is 0 Å². The molecule has 0 aromatic heterocycles. The lowest BCUT2D eigenvalue weighted by molar-refractivity contribution is -0.121. The quantitative estimate of drug-likeness (QED) is 0.886. The summed E-state index contributed by atoms with van der Waals surface area (Å²) >= 11 is 0. The van der Waals surface area contributed by atoms with Gasteiger partial charge in [-0.2, -0.15) is 0 Å². The van der Waals surface area contributed by atoms with E-state index in [1.54, 1.807) is 24.3 Å². The van der Waals surface area contributed by atoms with E-state index in [2.05, 4.69) is 5.32 Å². The number of carbonyl (C=O) groups is 2. The molecule has 1 fully saturated rings. The van der Waals surface area contributed by atoms with Crippen molar-refractivity contribution >= 4 is 23.2 Å². The fraction of sp³-hybridized carbons (Fsp3) is 0.222. The molecule has 4 nitrogen and oxygen atoms in total. The number of amides is 2. The van der Waals surface area contributed by atoms with Crippen LogP contribution in [0.2, 0.25) is 0 Å². The van der Waals surface area contributed by atoms with Gasteiger partial charge in [0.1, 0.15) is 11.9 Å². The van der Waals surface area contributed by atoms with Gasteiger partial charge in [-0.05, 0) is 43.2 Å². The van der Waals surface area contributed by atoms with Crippen molar-refractivity contribution in [3.8, 4) is 0 Å². The molecular weight excluding hydrogens is 295 g/mol. The molecule has 0 bridgehead atoms. The molecule has 0 aliphatic carbocycles. The number of para-hydroxylation sites is 1. The van der Waals surface area contributed by atoms with Crippen LogP contribution in [0.5, 0.6) is 0 Å². The van der Waals surface area contributed by atoms with Gasteiger partial charge in [0.15, 0.2) is 0 Å². The third kappa shape index (κ3) is 2.70. The molecule has 1 heterocycles. The van der Waals surface area contributed by atoms with Crippen LogP contribution in [0.1, 0.15) is 17.5 Å². The zero-order chi connectivity index (χ0) is 16.6. The molecule has 0 unspecified atom stereocenters. The van der Waals surface area contributed by atoms with Crippen molar-refractivity contribution in [1.29, 1.82) is 0 Å². The molecule has 1 atom stereocenters. The SMILES string of the molecule is Cc1cccc(N2C(=O)C[C@H](Nc3ccccc3F)C2=O)c1C. The molecule has 1 aliphatic rings. The monoisotopic (exact) mass is 312 g/mol. The van der Waals surface area contributed by atoms with Crippen LogP contribution in [0.25, 0.3) is 0 Å². The number of benzene rings is 2. The summed E-state index contributed by atoms with van der Waals surface area (Å²) in [5.74, 6) is -1.08. The van der Waals surface area contributed by atoms with E-state index in [1.165, 1.54) is 11.0 Å². The standard InChI is InChI=1S/C18H17FN2O2/c1-11-6-5-9-16(12(11)2)21-17(22)10-15(18(21)23)20-14-8-4-3-7-13(14)19/h3-9,15,20H,10H2,1-2H3/t15-/m0/s1. The van der Waals surface area contributed by atoms with Crippen LogP contribution in [0.3, 0.4) is 0 Å². The summed E-state index contributed by atoms with van der Waals surface area (Å²) in [6, 6.07) is 10.9. The molecule has 2 amide bonds. The maximum atomic E-state index is 13.7. The summed E-state index contributed by atoms with van der Waals surface area (Å²) in [5, 5.41) is 2.84. The molecule has 1 aliphatic heterocycles. The molecule has 3 rings (SSSR count). The molecule has 2 aromatic carbocycles. The summed E-state index contributed by atoms with van der Waals surface area (Å²) in [7, 11) is 0. The number of imide groups is 1. The lowest BCUT2D eigenvalue weighted by Gasteiger charge is -2.19. The highest BCUT2D eigenvalue weighted by Gasteiger charge is 2.40. The van der Waals surface area contributed by atoms with E-state index < -0.39 is 11.9 Å². The Labute approximate surface area is 133 Å². The second-order valence-corrected chi connectivity index (χ2v) is 5.67. The number of hydrogen-bond acceptors (Lipinski definition) is 3. The number of hydrogen-bond donors (Lipinski definition) is 1. The minimum atomic E-state index is -0.751. The summed E-state index contributed by atoms with van der Waals surface area (Å²) in [5.41, 5.74) is 2.72. The zero-order valence-electron chi connectivity index (χ0n) is 13.0. The van der Waals surface area contributed by atoms with Gasteiger partial charge in [-0.1, -0.05) is 24.3 Å². The summed E-state index contributed by atoms with van der Waals surface area (Å²) < 4.78 is 13.7. The minimum absolute atomic E-state index is 0.0144. The number of anilines is 2. The Balaban J connectivity index is 1.89. The van der Waals surface area contributed by atoms with Gasteiger partial charge in [0, 0.05) is 0 Å². The van der Waals surface area contributed by atoms with Crippen molar-refractivity contribution in [2.24, 2.45) is 0 Å². The van der Waals surface area contributed by atoms with Crippen LogP contribution in [0.4, 0.5) is 15.8 Å². The summed E-state index contributed by atoms with van der Waals surface area (Å²) in [6.07, 6.45) is 0.0144. The maximum absolute atomic E-state index is 13.7. The number of aryl methyl sites for hydroxylation is 1. The van der Waals surface area contributed by atoms with E-state index in [-0.39, 0.29) is 23.9 Å². The van der Waals surface area contributed by atoms with Gasteiger partial charge in [0.2, 0.25) is 5.91 Å². The van der Waals surface area contributed by atoms with Crippen LogP contribution in [0, 0.1) is 19.7 Å². The second-order valence-electron chi connectivity index (χ2n) is 5.67. The predicted molar refractivity (Wildman–Crippen MR) is 86.8 cm³/mol. The van der Waals surface area contributed by atoms with Gasteiger partial charge in [-0.25, -0.2) is 9.29 Å². The van der Waals surface area contributed by atoms with E-state index in [1.807, 2.05) is 26.0 Å². The first-order chi connectivity index (χ1) is 11.0. The number of nitrogens with zero attached hydrogens (tertiary/aromatic N) is 1. The van der Waals surface area contributed by atoms with Crippen LogP contribution in [-0.4, -0.2) is 17.9 Å². The minimum Gasteiger partial charge on any atom is -0.371 e. The maximum Gasteiger partial charge on any atom is 0.256 e. The molecular formula is C18H17FN2O2. The Hall–Kier alpha value is -2.69. The van der Waals surface area contributed by atoms with Gasteiger partial charge < -0.3 is 5.32 Å². The summed E-state index contributed by atoms with van der Waals surface area (Å²) in [6.45, 7) is 3.81. The molecule has 1 saturated heterocycles. The first kappa shape index (κ1) is 15.2. The zero-order valence-corrected chi connectivity index (χ0v) is 13.0. The highest BCUT2D eigenvalue weighted by molar-refractivity contribution is 6.23. The molecule has 2 aromatic rings. The van der Waals surface area contributed by atoms with Gasteiger partial charge in [0.25, 0.3) is 5.91 Å². The van der Waals surface area contributed by atoms with E-state index in [9.17, 15) is 14.0 Å². The molecule has 0 spiro atoms. The van der Waals surface area contributed by atoms with Crippen molar-refractivity contribution in [2.75, 3.05) is 10.2 Å². The molecule has 0 radical (unpaired) electrons. The van der Waals surface area contributed by atoms with Gasteiger partial charge in [-0.3, -0.25) is 9.59 Å². The number of rotatable bonds is 3. The lowest BCUT2D eigenvalue weighted by atomic mass is 10.1. The fourth-order valence-electron chi connectivity index (χ4n) is 2.74. The van der Waals surface area contributed by atoms with Crippen molar-refractivity contribution in [2.45, 2.75) is 26.3 Å². The van der Waals surface area contributed by atoms with Crippen molar-refractivity contribution in [1.82, 2.24) is 0 Å². The van der Waals surface area contributed by atoms with E-state index in [0.29, 0.717) is 5.69 Å². The second kappa shape index (κ2) is 5.83. The van der Waals surface area contributed by atoms with Crippen molar-refractivity contribution < 1.29 is 14.0 Å². The third-order valence-electron chi connectivity index (χ3n) is 4.17. The number of nitrogens with one attached hydrogen (secondary N) is 1. The van der Waals surface area contributed by atoms with Crippen molar-refractivity contribution in [3.05, 3.63) is 59.4 Å². The van der Waals surface area contributed by atoms with Crippen LogP contribution >= 0.6 is 0 Å². The van der Waals surface area contributed by atoms with Crippen LogP contribution in [-0.2, 0) is 9.59 Å². The molecule has 23 heavy (non-hydrogen) atoms. The Morgan fingerprint density at radius 2 is 1.83 bits per heavy atom. The average molecular weight is 312 g/mol. The lowest BCUT2D eigenvalue weighted by Crippen LogP contribution is -2.35. The van der Waals surface area contributed by atoms with E-state index in [0.717, 1.165) is 11.1 Å². The first-order valence-electron chi connectivity index (χ1n) is 7.43. The Kier molecular flexibility index (Phi) is 3.86. The smallest absolute Gasteiger partial charge is 0.256 e. The third-order valence-corrected chi connectivity index (χ3v) is 4.17. The summed E-state index contributed by atoms with van der Waals surface area (Å²) in [4.78, 5) is 26.1. The molecule has 0 saturated carbocycles. The Morgan fingerprint density at radius 1 is 1.09 bits per heavy atom. The first-order valence-corrected chi connectivity index (χ1v) is 7.43. The van der Waals surface area contributed by atoms with Gasteiger partial charge in [0.05, 0.1) is 17.8 Å². The molecule has 1 N–H and O–H groups in total. The Bertz CT molecular complexity index is 788. The molecule has 5 heteroatoms. The van der Waals surface area contributed by atoms with Crippen LogP contribution < -0.4 is 10.2 Å².